The number of hydrogen-bond donors (Lipinski definition) is 2. The minimum Gasteiger partial charge on any atom is -0.385 e. The van der Waals surface area contributed by atoms with E-state index in [9.17, 15) is 4.79 Å². The third-order valence-corrected chi connectivity index (χ3v) is 3.60. The van der Waals surface area contributed by atoms with Crippen LogP contribution in [0.3, 0.4) is 0 Å². The van der Waals surface area contributed by atoms with Crippen molar-refractivity contribution in [1.82, 2.24) is 5.32 Å². The molecule has 1 amide bonds. The summed E-state index contributed by atoms with van der Waals surface area (Å²) in [4.78, 5) is 12.3. The van der Waals surface area contributed by atoms with Crippen LogP contribution in [-0.2, 0) is 0 Å². The number of carbonyl (C=O) groups excluding carboxylic acids is 1. The molecule has 0 aliphatic carbocycles. The summed E-state index contributed by atoms with van der Waals surface area (Å²) < 4.78 is 0. The van der Waals surface area contributed by atoms with E-state index in [-0.39, 0.29) is 5.91 Å². The van der Waals surface area contributed by atoms with E-state index in [4.69, 9.17) is 0 Å². The van der Waals surface area contributed by atoms with Gasteiger partial charge in [-0.1, -0.05) is 40.0 Å². The summed E-state index contributed by atoms with van der Waals surface area (Å²) in [5.41, 5.74) is 1.82. The predicted octanol–water partition coefficient (Wildman–Crippen LogP) is 4.60. The van der Waals surface area contributed by atoms with E-state index in [2.05, 4.69) is 31.4 Å². The van der Waals surface area contributed by atoms with Crippen LogP contribution in [0.5, 0.6) is 0 Å². The van der Waals surface area contributed by atoms with Crippen LogP contribution in [0, 0.1) is 0 Å². The summed E-state index contributed by atoms with van der Waals surface area (Å²) >= 11 is 0. The molecule has 2 N–H and O–H groups in total. The maximum absolute atomic E-state index is 12.3. The zero-order valence-corrected chi connectivity index (χ0v) is 13.7. The smallest absolute Gasteiger partial charge is 0.251 e. The van der Waals surface area contributed by atoms with Crippen LogP contribution in [0.15, 0.2) is 24.3 Å². The van der Waals surface area contributed by atoms with E-state index in [1.165, 1.54) is 12.8 Å². The standard InChI is InChI=1S/C18H30N2O/c1-4-7-9-17(8-5-2)20-18(21)15-10-12-16(13-11-15)19-14-6-3/h10-13,17,19H,4-9,14H2,1-3H3,(H,20,21). The van der Waals surface area contributed by atoms with Crippen LogP contribution >= 0.6 is 0 Å². The highest BCUT2D eigenvalue weighted by Crippen LogP contribution is 2.12. The fourth-order valence-corrected chi connectivity index (χ4v) is 2.37. The second-order valence-corrected chi connectivity index (χ2v) is 5.61. The van der Waals surface area contributed by atoms with E-state index in [0.29, 0.717) is 6.04 Å². The van der Waals surface area contributed by atoms with Gasteiger partial charge >= 0.3 is 0 Å². The topological polar surface area (TPSA) is 41.1 Å². The molecule has 0 heterocycles. The van der Waals surface area contributed by atoms with Crippen molar-refractivity contribution < 1.29 is 4.79 Å². The first kappa shape index (κ1) is 17.5. The Bertz CT molecular complexity index is 400. The molecule has 0 bridgehead atoms. The SMILES string of the molecule is CCCCC(CCC)NC(=O)c1ccc(NCCC)cc1. The zero-order valence-electron chi connectivity index (χ0n) is 13.7. The largest absolute Gasteiger partial charge is 0.385 e. The second-order valence-electron chi connectivity index (χ2n) is 5.61. The van der Waals surface area contributed by atoms with Gasteiger partial charge in [-0.15, -0.1) is 0 Å². The average molecular weight is 290 g/mol. The lowest BCUT2D eigenvalue weighted by atomic mass is 10.0. The Hall–Kier alpha value is -1.51. The molecule has 0 aliphatic heterocycles. The Morgan fingerprint density at radius 2 is 1.71 bits per heavy atom. The van der Waals surface area contributed by atoms with Crippen LogP contribution in [0.1, 0.15) is 69.7 Å². The molecule has 3 nitrogen and oxygen atoms in total. The van der Waals surface area contributed by atoms with Crippen molar-refractivity contribution in [2.24, 2.45) is 0 Å². The van der Waals surface area contributed by atoms with E-state index >= 15 is 0 Å². The molecule has 0 saturated heterocycles. The van der Waals surface area contributed by atoms with Gasteiger partial charge in [-0.25, -0.2) is 0 Å². The molecular formula is C18H30N2O. The van der Waals surface area contributed by atoms with Gasteiger partial charge in [0.15, 0.2) is 0 Å². The summed E-state index contributed by atoms with van der Waals surface area (Å²) in [5.74, 6) is 0.0478. The predicted molar refractivity (Wildman–Crippen MR) is 90.9 cm³/mol. The maximum Gasteiger partial charge on any atom is 0.251 e. The van der Waals surface area contributed by atoms with Crippen molar-refractivity contribution in [2.45, 2.75) is 65.3 Å². The Morgan fingerprint density at radius 1 is 1.00 bits per heavy atom. The molecule has 1 atom stereocenters. The molecule has 1 aromatic rings. The highest BCUT2D eigenvalue weighted by molar-refractivity contribution is 5.94. The van der Waals surface area contributed by atoms with Gasteiger partial charge in [0.25, 0.3) is 5.91 Å². The molecule has 118 valence electrons. The molecule has 0 fully saturated rings. The first-order chi connectivity index (χ1) is 10.2. The van der Waals surface area contributed by atoms with Gasteiger partial charge < -0.3 is 10.6 Å². The van der Waals surface area contributed by atoms with Crippen molar-refractivity contribution in [1.29, 1.82) is 0 Å². The fourth-order valence-electron chi connectivity index (χ4n) is 2.37. The maximum atomic E-state index is 12.3. The number of anilines is 1. The monoisotopic (exact) mass is 290 g/mol. The summed E-state index contributed by atoms with van der Waals surface area (Å²) in [7, 11) is 0. The van der Waals surface area contributed by atoms with Gasteiger partial charge in [-0.05, 0) is 43.5 Å². The number of unbranched alkanes of at least 4 members (excludes halogenated alkanes) is 1. The Balaban J connectivity index is 2.56. The summed E-state index contributed by atoms with van der Waals surface area (Å²) in [6.07, 6.45) is 6.68. The van der Waals surface area contributed by atoms with Crippen molar-refractivity contribution in [3.63, 3.8) is 0 Å². The quantitative estimate of drug-likeness (QED) is 0.661. The lowest BCUT2D eigenvalue weighted by molar-refractivity contribution is 0.0932. The first-order valence-electron chi connectivity index (χ1n) is 8.36. The molecule has 0 radical (unpaired) electrons. The van der Waals surface area contributed by atoms with Gasteiger partial charge in [0.05, 0.1) is 0 Å². The van der Waals surface area contributed by atoms with Gasteiger partial charge in [0, 0.05) is 23.8 Å². The molecule has 21 heavy (non-hydrogen) atoms. The first-order valence-corrected chi connectivity index (χ1v) is 8.36. The van der Waals surface area contributed by atoms with Crippen molar-refractivity contribution in [3.05, 3.63) is 29.8 Å². The molecule has 3 heteroatoms. The average Bonchev–Trinajstić information content (AvgIpc) is 2.51. The molecule has 0 aliphatic rings. The molecular weight excluding hydrogens is 260 g/mol. The van der Waals surface area contributed by atoms with E-state index in [0.717, 1.165) is 43.5 Å². The Morgan fingerprint density at radius 3 is 2.29 bits per heavy atom. The van der Waals surface area contributed by atoms with Crippen LogP contribution in [0.25, 0.3) is 0 Å². The summed E-state index contributed by atoms with van der Waals surface area (Å²) in [5, 5.41) is 6.49. The summed E-state index contributed by atoms with van der Waals surface area (Å²) in [6, 6.07) is 8.06. The van der Waals surface area contributed by atoms with Gasteiger partial charge in [-0.2, -0.15) is 0 Å². The van der Waals surface area contributed by atoms with Crippen LogP contribution in [-0.4, -0.2) is 18.5 Å². The lowest BCUT2D eigenvalue weighted by Crippen LogP contribution is -2.34. The number of benzene rings is 1. The number of amides is 1. The van der Waals surface area contributed by atoms with E-state index in [1.54, 1.807) is 0 Å². The highest BCUT2D eigenvalue weighted by atomic mass is 16.1. The minimum absolute atomic E-state index is 0.0478. The normalized spacial score (nSPS) is 12.0. The van der Waals surface area contributed by atoms with Gasteiger partial charge in [-0.3, -0.25) is 4.79 Å². The molecule has 0 spiro atoms. The molecule has 0 saturated carbocycles. The second kappa shape index (κ2) is 10.3. The third kappa shape index (κ3) is 6.65. The highest BCUT2D eigenvalue weighted by Gasteiger charge is 2.12. The van der Waals surface area contributed by atoms with Crippen molar-refractivity contribution >= 4 is 11.6 Å². The number of hydrogen-bond acceptors (Lipinski definition) is 2. The fraction of sp³-hybridized carbons (Fsp3) is 0.611. The number of rotatable bonds is 10. The third-order valence-electron chi connectivity index (χ3n) is 3.60. The Kier molecular flexibility index (Phi) is 8.56. The van der Waals surface area contributed by atoms with Gasteiger partial charge in [0.1, 0.15) is 0 Å². The zero-order chi connectivity index (χ0) is 15.5. The Labute approximate surface area is 129 Å². The van der Waals surface area contributed by atoms with Crippen LogP contribution in [0.2, 0.25) is 0 Å². The lowest BCUT2D eigenvalue weighted by Gasteiger charge is -2.18. The molecule has 1 rings (SSSR count). The number of carbonyl (C=O) groups is 1. The summed E-state index contributed by atoms with van der Waals surface area (Å²) in [6.45, 7) is 7.45. The van der Waals surface area contributed by atoms with E-state index in [1.807, 2.05) is 24.3 Å². The molecule has 1 unspecified atom stereocenters. The number of nitrogens with one attached hydrogen (secondary N) is 2. The van der Waals surface area contributed by atoms with Crippen molar-refractivity contribution in [3.8, 4) is 0 Å². The molecule has 1 aromatic carbocycles. The minimum atomic E-state index is 0.0478. The van der Waals surface area contributed by atoms with Crippen LogP contribution < -0.4 is 10.6 Å². The van der Waals surface area contributed by atoms with Gasteiger partial charge in [0.2, 0.25) is 0 Å². The van der Waals surface area contributed by atoms with Crippen molar-refractivity contribution in [2.75, 3.05) is 11.9 Å². The van der Waals surface area contributed by atoms with E-state index < -0.39 is 0 Å². The molecule has 0 aromatic heterocycles. The van der Waals surface area contributed by atoms with Crippen LogP contribution in [0.4, 0.5) is 5.69 Å².